The molecule has 112 valence electrons. The smallest absolute Gasteiger partial charge is 0.0409 e. The Morgan fingerprint density at radius 2 is 1.85 bits per heavy atom. The third-order valence-electron chi connectivity index (χ3n) is 4.44. The number of halogens is 1. The fourth-order valence-corrected chi connectivity index (χ4v) is 3.58. The molecule has 0 aliphatic heterocycles. The van der Waals surface area contributed by atoms with Gasteiger partial charge in [-0.15, -0.1) is 0 Å². The molecule has 0 spiro atoms. The molecule has 0 saturated heterocycles. The molecule has 1 atom stereocenters. The first kappa shape index (κ1) is 15.9. The van der Waals surface area contributed by atoms with Gasteiger partial charge in [0.2, 0.25) is 0 Å². The van der Waals surface area contributed by atoms with Crippen molar-refractivity contribution in [1.29, 1.82) is 0 Å². The van der Waals surface area contributed by atoms with Gasteiger partial charge in [-0.2, -0.15) is 0 Å². The van der Waals surface area contributed by atoms with E-state index in [2.05, 4.69) is 30.4 Å². The molecule has 20 heavy (non-hydrogen) atoms. The van der Waals surface area contributed by atoms with E-state index in [9.17, 15) is 0 Å². The van der Waals surface area contributed by atoms with Crippen LogP contribution in [0, 0.1) is 5.92 Å². The third-order valence-corrected chi connectivity index (χ3v) is 4.68. The van der Waals surface area contributed by atoms with Crippen molar-refractivity contribution in [2.24, 2.45) is 5.92 Å². The number of nitrogens with one attached hydrogen (secondary N) is 1. The van der Waals surface area contributed by atoms with Gasteiger partial charge in [-0.25, -0.2) is 0 Å². The summed E-state index contributed by atoms with van der Waals surface area (Å²) in [5.74, 6) is 0.764. The molecule has 1 aliphatic carbocycles. The quantitative estimate of drug-likeness (QED) is 0.730. The van der Waals surface area contributed by atoms with Crippen molar-refractivity contribution < 1.29 is 0 Å². The third kappa shape index (κ3) is 4.79. The first-order valence-electron chi connectivity index (χ1n) is 8.30. The largest absolute Gasteiger partial charge is 0.310 e. The predicted molar refractivity (Wildman–Crippen MR) is 88.3 cm³/mol. The minimum atomic E-state index is 0.478. The highest BCUT2D eigenvalue weighted by Crippen LogP contribution is 2.33. The number of rotatable bonds is 5. The van der Waals surface area contributed by atoms with Gasteiger partial charge >= 0.3 is 0 Å². The van der Waals surface area contributed by atoms with Crippen LogP contribution in [-0.4, -0.2) is 6.54 Å². The van der Waals surface area contributed by atoms with Crippen LogP contribution in [-0.2, 0) is 0 Å². The molecule has 1 N–H and O–H groups in total. The summed E-state index contributed by atoms with van der Waals surface area (Å²) in [4.78, 5) is 0. The summed E-state index contributed by atoms with van der Waals surface area (Å²) in [5.41, 5.74) is 1.37. The highest BCUT2D eigenvalue weighted by Gasteiger charge is 2.23. The molecule has 1 aliphatic rings. The summed E-state index contributed by atoms with van der Waals surface area (Å²) in [6.07, 6.45) is 10.9. The van der Waals surface area contributed by atoms with Crippen molar-refractivity contribution in [1.82, 2.24) is 5.32 Å². The molecule has 1 unspecified atom stereocenters. The molecule has 0 amide bonds. The Bertz CT molecular complexity index is 383. The SMILES string of the molecule is CCCNC(c1cccc(Cl)c1)C1CCCCCCC1. The van der Waals surface area contributed by atoms with Crippen LogP contribution in [0.15, 0.2) is 24.3 Å². The zero-order valence-corrected chi connectivity index (χ0v) is 13.5. The van der Waals surface area contributed by atoms with E-state index >= 15 is 0 Å². The molecule has 1 aromatic carbocycles. The first-order valence-corrected chi connectivity index (χ1v) is 8.68. The lowest BCUT2D eigenvalue weighted by atomic mass is 9.83. The minimum absolute atomic E-state index is 0.478. The fourth-order valence-electron chi connectivity index (χ4n) is 3.38. The van der Waals surface area contributed by atoms with Gasteiger partial charge in [0.1, 0.15) is 0 Å². The average Bonchev–Trinajstić information content (AvgIpc) is 2.41. The summed E-state index contributed by atoms with van der Waals surface area (Å²) in [5, 5.41) is 4.63. The molecular formula is C18H28ClN. The zero-order valence-electron chi connectivity index (χ0n) is 12.7. The summed E-state index contributed by atoms with van der Waals surface area (Å²) in [7, 11) is 0. The molecule has 0 heterocycles. The van der Waals surface area contributed by atoms with Gasteiger partial charge in [0.15, 0.2) is 0 Å². The minimum Gasteiger partial charge on any atom is -0.310 e. The number of hydrogen-bond acceptors (Lipinski definition) is 1. The van der Waals surface area contributed by atoms with Crippen LogP contribution in [0.1, 0.15) is 69.9 Å². The van der Waals surface area contributed by atoms with Crippen LogP contribution >= 0.6 is 11.6 Å². The van der Waals surface area contributed by atoms with Gasteiger partial charge in [-0.05, 0) is 49.4 Å². The second kappa shape index (κ2) is 8.69. The average molecular weight is 294 g/mol. The van der Waals surface area contributed by atoms with Crippen molar-refractivity contribution >= 4 is 11.6 Å². The van der Waals surface area contributed by atoms with Crippen molar-refractivity contribution in [3.8, 4) is 0 Å². The Balaban J connectivity index is 2.12. The van der Waals surface area contributed by atoms with Crippen molar-refractivity contribution in [3.05, 3.63) is 34.9 Å². The van der Waals surface area contributed by atoms with Crippen LogP contribution in [0.25, 0.3) is 0 Å². The van der Waals surface area contributed by atoms with Gasteiger partial charge in [0, 0.05) is 11.1 Å². The molecular weight excluding hydrogens is 266 g/mol. The van der Waals surface area contributed by atoms with Crippen LogP contribution in [0.3, 0.4) is 0 Å². The molecule has 1 nitrogen and oxygen atoms in total. The lowest BCUT2D eigenvalue weighted by Gasteiger charge is -2.30. The van der Waals surface area contributed by atoms with Crippen molar-refractivity contribution in [2.45, 2.75) is 64.3 Å². The maximum atomic E-state index is 6.19. The second-order valence-electron chi connectivity index (χ2n) is 6.09. The first-order chi connectivity index (χ1) is 9.81. The molecule has 1 saturated carbocycles. The second-order valence-corrected chi connectivity index (χ2v) is 6.53. The molecule has 1 fully saturated rings. The predicted octanol–water partition coefficient (Wildman–Crippen LogP) is 5.74. The van der Waals surface area contributed by atoms with Gasteiger partial charge in [-0.1, -0.05) is 62.8 Å². The number of benzene rings is 1. The summed E-state index contributed by atoms with van der Waals surface area (Å²) in [6.45, 7) is 3.33. The summed E-state index contributed by atoms with van der Waals surface area (Å²) < 4.78 is 0. The maximum Gasteiger partial charge on any atom is 0.0409 e. The van der Waals surface area contributed by atoms with E-state index in [4.69, 9.17) is 11.6 Å². The van der Waals surface area contributed by atoms with E-state index in [0.29, 0.717) is 6.04 Å². The van der Waals surface area contributed by atoms with Crippen LogP contribution in [0.2, 0.25) is 5.02 Å². The molecule has 0 radical (unpaired) electrons. The van der Waals surface area contributed by atoms with E-state index in [-0.39, 0.29) is 0 Å². The highest BCUT2D eigenvalue weighted by molar-refractivity contribution is 6.30. The van der Waals surface area contributed by atoms with E-state index in [1.165, 1.54) is 56.9 Å². The Hall–Kier alpha value is -0.530. The van der Waals surface area contributed by atoms with Crippen LogP contribution in [0.4, 0.5) is 0 Å². The maximum absolute atomic E-state index is 6.19. The molecule has 0 bridgehead atoms. The van der Waals surface area contributed by atoms with Gasteiger partial charge in [0.25, 0.3) is 0 Å². The van der Waals surface area contributed by atoms with E-state index in [0.717, 1.165) is 17.5 Å². The van der Waals surface area contributed by atoms with Gasteiger partial charge in [-0.3, -0.25) is 0 Å². The molecule has 2 rings (SSSR count). The Kier molecular flexibility index (Phi) is 6.89. The highest BCUT2D eigenvalue weighted by atomic mass is 35.5. The Morgan fingerprint density at radius 1 is 1.15 bits per heavy atom. The fraction of sp³-hybridized carbons (Fsp3) is 0.667. The van der Waals surface area contributed by atoms with Crippen LogP contribution < -0.4 is 5.32 Å². The normalized spacial score (nSPS) is 19.3. The lowest BCUT2D eigenvalue weighted by Crippen LogP contribution is -2.29. The van der Waals surface area contributed by atoms with E-state index in [1.807, 2.05) is 6.07 Å². The van der Waals surface area contributed by atoms with Crippen LogP contribution in [0.5, 0.6) is 0 Å². The van der Waals surface area contributed by atoms with E-state index in [1.54, 1.807) is 0 Å². The topological polar surface area (TPSA) is 12.0 Å². The Labute approximate surface area is 129 Å². The van der Waals surface area contributed by atoms with Crippen molar-refractivity contribution in [2.75, 3.05) is 6.54 Å². The van der Waals surface area contributed by atoms with Crippen molar-refractivity contribution in [3.63, 3.8) is 0 Å². The summed E-state index contributed by atoms with van der Waals surface area (Å²) >= 11 is 6.19. The van der Waals surface area contributed by atoms with E-state index < -0.39 is 0 Å². The number of hydrogen-bond donors (Lipinski definition) is 1. The van der Waals surface area contributed by atoms with Gasteiger partial charge < -0.3 is 5.32 Å². The molecule has 2 heteroatoms. The van der Waals surface area contributed by atoms with Gasteiger partial charge in [0.05, 0.1) is 0 Å². The molecule has 1 aromatic rings. The zero-order chi connectivity index (χ0) is 14.2. The standard InChI is InChI=1S/C18H28ClN/c1-2-13-20-18(16-11-8-12-17(19)14-16)15-9-6-4-3-5-7-10-15/h8,11-12,14-15,18,20H,2-7,9-10,13H2,1H3. The Morgan fingerprint density at radius 3 is 2.50 bits per heavy atom. The molecule has 0 aromatic heterocycles. The lowest BCUT2D eigenvalue weighted by molar-refractivity contribution is 0.289. The monoisotopic (exact) mass is 293 g/mol. The summed E-state index contributed by atoms with van der Waals surface area (Å²) in [6, 6.07) is 8.92.